The van der Waals surface area contributed by atoms with Crippen molar-refractivity contribution in [2.75, 3.05) is 5.32 Å². The van der Waals surface area contributed by atoms with Gasteiger partial charge in [0.15, 0.2) is 0 Å². The summed E-state index contributed by atoms with van der Waals surface area (Å²) in [6, 6.07) is 15.5. The molecule has 1 aromatic heterocycles. The Morgan fingerprint density at radius 2 is 1.76 bits per heavy atom. The fourth-order valence-electron chi connectivity index (χ4n) is 2.70. The van der Waals surface area contributed by atoms with Gasteiger partial charge in [-0.05, 0) is 18.2 Å². The molecule has 4 heteroatoms. The molecule has 0 saturated carbocycles. The van der Waals surface area contributed by atoms with Gasteiger partial charge in [-0.2, -0.15) is 0 Å². The second-order valence-corrected chi connectivity index (χ2v) is 5.33. The molecule has 0 fully saturated rings. The molecule has 2 heterocycles. The minimum Gasteiger partial charge on any atom is -0.345 e. The molecule has 1 aliphatic rings. The van der Waals surface area contributed by atoms with Gasteiger partial charge in [-0.1, -0.05) is 48.0 Å². The Hall–Kier alpha value is -2.52. The van der Waals surface area contributed by atoms with Crippen LogP contribution in [0, 0.1) is 0 Å². The Balaban J connectivity index is 1.95. The number of hydrogen-bond donors (Lipinski definition) is 2. The quantitative estimate of drug-likeness (QED) is 0.645. The Labute approximate surface area is 126 Å². The highest BCUT2D eigenvalue weighted by molar-refractivity contribution is 6.37. The number of aromatic amines is 1. The molecule has 3 nitrogen and oxygen atoms in total. The summed E-state index contributed by atoms with van der Waals surface area (Å²) < 4.78 is 0. The van der Waals surface area contributed by atoms with E-state index in [9.17, 15) is 4.79 Å². The second kappa shape index (κ2) is 4.50. The number of halogens is 1. The minimum atomic E-state index is -0.0995. The average molecular weight is 295 g/mol. The molecule has 0 saturated heterocycles. The van der Waals surface area contributed by atoms with Crippen LogP contribution in [0.5, 0.6) is 0 Å². The first kappa shape index (κ1) is 12.2. The maximum Gasteiger partial charge on any atom is 0.256 e. The Morgan fingerprint density at radius 1 is 1.00 bits per heavy atom. The van der Waals surface area contributed by atoms with E-state index < -0.39 is 0 Å². The lowest BCUT2D eigenvalue weighted by atomic mass is 10.0. The zero-order valence-corrected chi connectivity index (χ0v) is 11.7. The van der Waals surface area contributed by atoms with E-state index in [0.717, 1.165) is 27.7 Å². The van der Waals surface area contributed by atoms with Crippen LogP contribution in [0.25, 0.3) is 22.6 Å². The SMILES string of the molecule is O=C1Nc2ccccc2/C1=C/c1c(Cl)[nH]c2ccccc12. The third-order valence-corrected chi connectivity index (χ3v) is 3.99. The van der Waals surface area contributed by atoms with E-state index in [4.69, 9.17) is 11.6 Å². The zero-order valence-electron chi connectivity index (χ0n) is 11.0. The van der Waals surface area contributed by atoms with E-state index in [2.05, 4.69) is 10.3 Å². The van der Waals surface area contributed by atoms with Crippen LogP contribution in [0.2, 0.25) is 5.15 Å². The van der Waals surface area contributed by atoms with Crippen LogP contribution in [0.15, 0.2) is 48.5 Å². The van der Waals surface area contributed by atoms with Gasteiger partial charge in [0, 0.05) is 33.3 Å². The molecular weight excluding hydrogens is 284 g/mol. The van der Waals surface area contributed by atoms with Crippen molar-refractivity contribution in [3.63, 3.8) is 0 Å². The van der Waals surface area contributed by atoms with Crippen molar-refractivity contribution in [3.05, 3.63) is 64.8 Å². The lowest BCUT2D eigenvalue weighted by molar-refractivity contribution is -0.110. The lowest BCUT2D eigenvalue weighted by Crippen LogP contribution is -2.03. The van der Waals surface area contributed by atoms with Crippen LogP contribution in [0.3, 0.4) is 0 Å². The number of carbonyl (C=O) groups is 1. The maximum absolute atomic E-state index is 12.2. The molecule has 2 N–H and O–H groups in total. The molecule has 3 aromatic rings. The standard InChI is InChI=1S/C17H11ClN2O/c18-16-12(10-5-1-3-7-14(10)19-16)9-13-11-6-2-4-8-15(11)20-17(13)21/h1-9,19H,(H,20,21)/b13-9-. The predicted octanol–water partition coefficient (Wildman–Crippen LogP) is 4.31. The van der Waals surface area contributed by atoms with Crippen molar-refractivity contribution >= 4 is 45.7 Å². The summed E-state index contributed by atoms with van der Waals surface area (Å²) >= 11 is 6.29. The van der Waals surface area contributed by atoms with Gasteiger partial charge >= 0.3 is 0 Å². The fourth-order valence-corrected chi connectivity index (χ4v) is 2.96. The van der Waals surface area contributed by atoms with E-state index in [1.54, 1.807) is 0 Å². The molecule has 0 unspecified atom stereocenters. The number of carbonyl (C=O) groups excluding carboxylic acids is 1. The molecule has 2 aromatic carbocycles. The van der Waals surface area contributed by atoms with E-state index in [-0.39, 0.29) is 5.91 Å². The molecule has 1 amide bonds. The number of rotatable bonds is 1. The van der Waals surface area contributed by atoms with Crippen molar-refractivity contribution < 1.29 is 4.79 Å². The van der Waals surface area contributed by atoms with Gasteiger partial charge in [-0.25, -0.2) is 0 Å². The molecule has 1 aliphatic heterocycles. The first-order chi connectivity index (χ1) is 10.2. The Morgan fingerprint density at radius 3 is 2.67 bits per heavy atom. The summed E-state index contributed by atoms with van der Waals surface area (Å²) in [5, 5.41) is 4.42. The van der Waals surface area contributed by atoms with Gasteiger partial charge in [0.25, 0.3) is 5.91 Å². The number of aromatic nitrogens is 1. The monoisotopic (exact) mass is 294 g/mol. The average Bonchev–Trinajstić information content (AvgIpc) is 2.97. The van der Waals surface area contributed by atoms with Crippen LogP contribution in [0.1, 0.15) is 11.1 Å². The van der Waals surface area contributed by atoms with Crippen LogP contribution in [-0.2, 0) is 4.79 Å². The molecular formula is C17H11ClN2O. The van der Waals surface area contributed by atoms with Crippen molar-refractivity contribution in [2.24, 2.45) is 0 Å². The van der Waals surface area contributed by atoms with Gasteiger partial charge in [-0.3, -0.25) is 4.79 Å². The molecule has 21 heavy (non-hydrogen) atoms. The molecule has 0 spiro atoms. The smallest absolute Gasteiger partial charge is 0.256 e. The van der Waals surface area contributed by atoms with Gasteiger partial charge < -0.3 is 10.3 Å². The number of amides is 1. The summed E-state index contributed by atoms with van der Waals surface area (Å²) in [5.74, 6) is -0.0995. The van der Waals surface area contributed by atoms with Gasteiger partial charge in [0.2, 0.25) is 0 Å². The number of hydrogen-bond acceptors (Lipinski definition) is 1. The third kappa shape index (κ3) is 1.86. The van der Waals surface area contributed by atoms with E-state index >= 15 is 0 Å². The largest absolute Gasteiger partial charge is 0.345 e. The van der Waals surface area contributed by atoms with E-state index in [1.165, 1.54) is 0 Å². The fraction of sp³-hybridized carbons (Fsp3) is 0. The molecule has 102 valence electrons. The van der Waals surface area contributed by atoms with Gasteiger partial charge in [0.05, 0.1) is 0 Å². The summed E-state index contributed by atoms with van der Waals surface area (Å²) in [5.41, 5.74) is 4.18. The molecule has 0 aliphatic carbocycles. The number of para-hydroxylation sites is 2. The normalized spacial score (nSPS) is 15.5. The van der Waals surface area contributed by atoms with E-state index in [1.807, 2.05) is 54.6 Å². The van der Waals surface area contributed by atoms with Gasteiger partial charge in [0.1, 0.15) is 5.15 Å². The first-order valence-corrected chi connectivity index (χ1v) is 7.00. The summed E-state index contributed by atoms with van der Waals surface area (Å²) in [6.45, 7) is 0. The minimum absolute atomic E-state index is 0.0995. The maximum atomic E-state index is 12.2. The molecule has 0 atom stereocenters. The van der Waals surface area contributed by atoms with Gasteiger partial charge in [-0.15, -0.1) is 0 Å². The first-order valence-electron chi connectivity index (χ1n) is 6.63. The predicted molar refractivity (Wildman–Crippen MR) is 86.3 cm³/mol. The zero-order chi connectivity index (χ0) is 14.4. The van der Waals surface area contributed by atoms with Crippen molar-refractivity contribution in [1.82, 2.24) is 4.98 Å². The summed E-state index contributed by atoms with van der Waals surface area (Å²) in [6.07, 6.45) is 1.85. The molecule has 0 bridgehead atoms. The summed E-state index contributed by atoms with van der Waals surface area (Å²) in [4.78, 5) is 15.3. The number of fused-ring (bicyclic) bond motifs is 2. The highest BCUT2D eigenvalue weighted by atomic mass is 35.5. The molecule has 0 radical (unpaired) electrons. The second-order valence-electron chi connectivity index (χ2n) is 4.96. The number of H-pyrrole nitrogens is 1. The number of benzene rings is 2. The number of anilines is 1. The van der Waals surface area contributed by atoms with Crippen molar-refractivity contribution in [1.29, 1.82) is 0 Å². The van der Waals surface area contributed by atoms with Crippen molar-refractivity contribution in [3.8, 4) is 0 Å². The Kier molecular flexibility index (Phi) is 2.62. The lowest BCUT2D eigenvalue weighted by Gasteiger charge is -1.98. The van der Waals surface area contributed by atoms with E-state index in [0.29, 0.717) is 10.7 Å². The van der Waals surface area contributed by atoms with Crippen LogP contribution in [-0.4, -0.2) is 10.9 Å². The van der Waals surface area contributed by atoms with Crippen LogP contribution < -0.4 is 5.32 Å². The summed E-state index contributed by atoms with van der Waals surface area (Å²) in [7, 11) is 0. The highest BCUT2D eigenvalue weighted by Crippen LogP contribution is 2.35. The number of nitrogens with one attached hydrogen (secondary N) is 2. The van der Waals surface area contributed by atoms with Crippen LogP contribution in [0.4, 0.5) is 5.69 Å². The van der Waals surface area contributed by atoms with Crippen LogP contribution >= 0.6 is 11.6 Å². The highest BCUT2D eigenvalue weighted by Gasteiger charge is 2.24. The third-order valence-electron chi connectivity index (χ3n) is 3.70. The van der Waals surface area contributed by atoms with Crippen molar-refractivity contribution in [2.45, 2.75) is 0 Å². The molecule has 4 rings (SSSR count). The Bertz CT molecular complexity index is 908. The topological polar surface area (TPSA) is 44.9 Å².